The number of aromatic nitrogens is 4. The van der Waals surface area contributed by atoms with Crippen LogP contribution in [0.3, 0.4) is 0 Å². The Bertz CT molecular complexity index is 796. The van der Waals surface area contributed by atoms with Gasteiger partial charge in [-0.2, -0.15) is 5.10 Å². The summed E-state index contributed by atoms with van der Waals surface area (Å²) in [6, 6.07) is 0. The van der Waals surface area contributed by atoms with Crippen LogP contribution in [0.1, 0.15) is 11.4 Å². The van der Waals surface area contributed by atoms with Crippen molar-refractivity contribution >= 4 is 21.6 Å². The van der Waals surface area contributed by atoms with Crippen LogP contribution in [-0.4, -0.2) is 19.7 Å². The van der Waals surface area contributed by atoms with Crippen LogP contribution in [0.5, 0.6) is 0 Å². The minimum absolute atomic E-state index is 0.0682. The highest BCUT2D eigenvalue weighted by Crippen LogP contribution is 2.35. The molecule has 0 amide bonds. The molecule has 0 aliphatic rings. The average Bonchev–Trinajstić information content (AvgIpc) is 2.83. The van der Waals surface area contributed by atoms with Gasteiger partial charge in [-0.1, -0.05) is 0 Å². The van der Waals surface area contributed by atoms with Crippen molar-refractivity contribution in [3.8, 4) is 10.4 Å². The van der Waals surface area contributed by atoms with E-state index >= 15 is 0 Å². The van der Waals surface area contributed by atoms with E-state index in [1.165, 1.54) is 11.3 Å². The zero-order chi connectivity index (χ0) is 12.9. The molecule has 0 unspecified atom stereocenters. The molecular weight excluding hydrogens is 248 g/mol. The third kappa shape index (κ3) is 1.57. The van der Waals surface area contributed by atoms with Gasteiger partial charge in [-0.05, 0) is 19.4 Å². The Balaban J connectivity index is 2.36. The first-order chi connectivity index (χ1) is 8.56. The second kappa shape index (κ2) is 3.78. The molecule has 0 spiro atoms. The quantitative estimate of drug-likeness (QED) is 0.728. The molecule has 0 fully saturated rings. The maximum absolute atomic E-state index is 12.0. The molecule has 18 heavy (non-hydrogen) atoms. The molecule has 0 aromatic carbocycles. The number of hydrogen-bond donors (Lipinski definition) is 1. The van der Waals surface area contributed by atoms with Gasteiger partial charge in [0, 0.05) is 23.7 Å². The van der Waals surface area contributed by atoms with Crippen molar-refractivity contribution in [2.75, 3.05) is 0 Å². The maximum Gasteiger partial charge on any atom is 0.259 e. The van der Waals surface area contributed by atoms with Crippen LogP contribution < -0.4 is 5.56 Å². The van der Waals surface area contributed by atoms with Crippen LogP contribution in [0.15, 0.2) is 17.2 Å². The molecule has 0 atom stereocenters. The normalized spacial score (nSPS) is 11.3. The van der Waals surface area contributed by atoms with Gasteiger partial charge in [0.05, 0.1) is 11.6 Å². The van der Waals surface area contributed by atoms with Gasteiger partial charge in [-0.3, -0.25) is 9.48 Å². The molecule has 0 saturated carbocycles. The fourth-order valence-corrected chi connectivity index (χ4v) is 3.27. The number of thiophene rings is 1. The predicted octanol–water partition coefficient (Wildman–Crippen LogP) is 2.00. The van der Waals surface area contributed by atoms with E-state index in [9.17, 15) is 4.79 Å². The van der Waals surface area contributed by atoms with E-state index < -0.39 is 0 Å². The summed E-state index contributed by atoms with van der Waals surface area (Å²) in [5.41, 5.74) is 1.92. The molecule has 6 heteroatoms. The first-order valence-electron chi connectivity index (χ1n) is 5.55. The lowest BCUT2D eigenvalue weighted by Crippen LogP contribution is -2.08. The molecule has 3 rings (SSSR count). The number of aryl methyl sites for hydroxylation is 3. The molecule has 0 aliphatic carbocycles. The Morgan fingerprint density at radius 3 is 2.83 bits per heavy atom. The molecule has 92 valence electrons. The molecule has 0 saturated heterocycles. The van der Waals surface area contributed by atoms with E-state index in [4.69, 9.17) is 0 Å². The van der Waals surface area contributed by atoms with Gasteiger partial charge in [0.15, 0.2) is 0 Å². The Labute approximate surface area is 107 Å². The number of hydrogen-bond acceptors (Lipinski definition) is 4. The second-order valence-corrected chi connectivity index (χ2v) is 5.29. The Hall–Kier alpha value is -1.95. The second-order valence-electron chi connectivity index (χ2n) is 4.29. The smallest absolute Gasteiger partial charge is 0.259 e. The summed E-state index contributed by atoms with van der Waals surface area (Å²) in [5.74, 6) is 0.645. The minimum Gasteiger partial charge on any atom is -0.310 e. The highest BCUT2D eigenvalue weighted by atomic mass is 32.1. The number of nitrogens with zero attached hydrogens (tertiary/aromatic N) is 3. The van der Waals surface area contributed by atoms with Crippen molar-refractivity contribution in [2.24, 2.45) is 7.05 Å². The van der Waals surface area contributed by atoms with Crippen LogP contribution in [0.4, 0.5) is 0 Å². The lowest BCUT2D eigenvalue weighted by atomic mass is 10.1. The van der Waals surface area contributed by atoms with Gasteiger partial charge in [-0.25, -0.2) is 4.98 Å². The van der Waals surface area contributed by atoms with E-state index in [1.54, 1.807) is 17.8 Å². The van der Waals surface area contributed by atoms with Crippen molar-refractivity contribution in [1.29, 1.82) is 0 Å². The fraction of sp³-hybridized carbons (Fsp3) is 0.250. The van der Waals surface area contributed by atoms with Crippen molar-refractivity contribution in [1.82, 2.24) is 19.7 Å². The van der Waals surface area contributed by atoms with E-state index in [0.717, 1.165) is 20.8 Å². The highest BCUT2D eigenvalue weighted by molar-refractivity contribution is 7.22. The topological polar surface area (TPSA) is 63.6 Å². The minimum atomic E-state index is -0.0682. The van der Waals surface area contributed by atoms with Crippen LogP contribution >= 0.6 is 11.3 Å². The van der Waals surface area contributed by atoms with Crippen LogP contribution in [0.25, 0.3) is 20.7 Å². The monoisotopic (exact) mass is 260 g/mol. The van der Waals surface area contributed by atoms with Crippen LogP contribution in [0.2, 0.25) is 0 Å². The molecule has 3 aromatic rings. The van der Waals surface area contributed by atoms with Gasteiger partial charge in [0.2, 0.25) is 0 Å². The predicted molar refractivity (Wildman–Crippen MR) is 71.9 cm³/mol. The average molecular weight is 260 g/mol. The number of rotatable bonds is 1. The number of nitrogens with one attached hydrogen (secondary N) is 1. The molecule has 0 radical (unpaired) electrons. The molecular formula is C12H12N4OS. The SMILES string of the molecule is Cc1nc2sc(-c3cnn(C)c3)c(C)c2c(=O)[nH]1. The zero-order valence-electron chi connectivity index (χ0n) is 10.3. The molecule has 0 bridgehead atoms. The van der Waals surface area contributed by atoms with Gasteiger partial charge < -0.3 is 4.98 Å². The van der Waals surface area contributed by atoms with E-state index in [0.29, 0.717) is 11.2 Å². The van der Waals surface area contributed by atoms with Crippen molar-refractivity contribution in [3.63, 3.8) is 0 Å². The first-order valence-corrected chi connectivity index (χ1v) is 6.37. The van der Waals surface area contributed by atoms with Gasteiger partial charge in [-0.15, -0.1) is 11.3 Å². The summed E-state index contributed by atoms with van der Waals surface area (Å²) < 4.78 is 1.75. The van der Waals surface area contributed by atoms with Gasteiger partial charge >= 0.3 is 0 Å². The van der Waals surface area contributed by atoms with Crippen LogP contribution in [-0.2, 0) is 7.05 Å². The third-order valence-electron chi connectivity index (χ3n) is 2.89. The number of aromatic amines is 1. The first kappa shape index (κ1) is 11.2. The fourth-order valence-electron chi connectivity index (χ4n) is 2.07. The largest absolute Gasteiger partial charge is 0.310 e. The Morgan fingerprint density at radius 2 is 2.17 bits per heavy atom. The lowest BCUT2D eigenvalue weighted by molar-refractivity contribution is 0.768. The summed E-state index contributed by atoms with van der Waals surface area (Å²) in [7, 11) is 1.88. The van der Waals surface area contributed by atoms with Crippen LogP contribution in [0, 0.1) is 13.8 Å². The number of H-pyrrole nitrogens is 1. The summed E-state index contributed by atoms with van der Waals surface area (Å²) in [4.78, 5) is 20.9. The van der Waals surface area contributed by atoms with Crippen molar-refractivity contribution < 1.29 is 0 Å². The van der Waals surface area contributed by atoms with E-state index in [2.05, 4.69) is 15.1 Å². The number of fused-ring (bicyclic) bond motifs is 1. The van der Waals surface area contributed by atoms with Gasteiger partial charge in [0.25, 0.3) is 5.56 Å². The van der Waals surface area contributed by atoms with E-state index in [-0.39, 0.29) is 5.56 Å². The van der Waals surface area contributed by atoms with Crippen molar-refractivity contribution in [2.45, 2.75) is 13.8 Å². The molecule has 5 nitrogen and oxygen atoms in total. The summed E-state index contributed by atoms with van der Waals surface area (Å²) >= 11 is 1.53. The standard InChI is InChI=1S/C12H12N4OS/c1-6-9-11(17)14-7(2)15-12(9)18-10(6)8-4-13-16(3)5-8/h4-5H,1-3H3,(H,14,15,17). The molecule has 0 aliphatic heterocycles. The molecule has 3 aromatic heterocycles. The Kier molecular flexibility index (Phi) is 2.34. The summed E-state index contributed by atoms with van der Waals surface area (Å²) in [5, 5.41) is 4.85. The van der Waals surface area contributed by atoms with Crippen molar-refractivity contribution in [3.05, 3.63) is 34.1 Å². The highest BCUT2D eigenvalue weighted by Gasteiger charge is 2.15. The van der Waals surface area contributed by atoms with E-state index in [1.807, 2.05) is 20.2 Å². The maximum atomic E-state index is 12.0. The zero-order valence-corrected chi connectivity index (χ0v) is 11.1. The van der Waals surface area contributed by atoms with Gasteiger partial charge in [0.1, 0.15) is 10.7 Å². The summed E-state index contributed by atoms with van der Waals surface area (Å²) in [6.07, 6.45) is 3.75. The lowest BCUT2D eigenvalue weighted by Gasteiger charge is -1.94. The Morgan fingerprint density at radius 1 is 1.39 bits per heavy atom. The molecule has 1 N–H and O–H groups in total. The summed E-state index contributed by atoms with van der Waals surface area (Å²) in [6.45, 7) is 3.74. The molecule has 3 heterocycles. The third-order valence-corrected chi connectivity index (χ3v) is 4.12.